The number of nitrogens with one attached hydrogen (secondary N) is 1. The van der Waals surface area contributed by atoms with Crippen LogP contribution in [0.15, 0.2) is 0 Å². The van der Waals surface area contributed by atoms with Crippen molar-refractivity contribution in [1.29, 1.82) is 0 Å². The van der Waals surface area contributed by atoms with Gasteiger partial charge in [-0.15, -0.1) is 0 Å². The van der Waals surface area contributed by atoms with Crippen LogP contribution in [0.3, 0.4) is 0 Å². The topological polar surface area (TPSA) is 110 Å². The smallest absolute Gasteiger partial charge is 0.326 e. The van der Waals surface area contributed by atoms with Gasteiger partial charge >= 0.3 is 5.97 Å². The van der Waals surface area contributed by atoms with Gasteiger partial charge in [-0.3, -0.25) is 9.48 Å². The van der Waals surface area contributed by atoms with Crippen LogP contribution in [0, 0.1) is 6.92 Å². The van der Waals surface area contributed by atoms with Crippen LogP contribution in [0.2, 0.25) is 0 Å². The summed E-state index contributed by atoms with van der Waals surface area (Å²) in [5.74, 6) is -1.24. The van der Waals surface area contributed by atoms with Crippen molar-refractivity contribution in [1.82, 2.24) is 9.78 Å². The summed E-state index contributed by atoms with van der Waals surface area (Å²) in [5, 5.41) is 16.0. The lowest BCUT2D eigenvalue weighted by molar-refractivity contribution is -0.138. The fourth-order valence-corrected chi connectivity index (χ4v) is 1.83. The second-order valence-corrected chi connectivity index (χ2v) is 4.12. The second-order valence-electron chi connectivity index (χ2n) is 4.12. The van der Waals surface area contributed by atoms with Crippen LogP contribution in [-0.2, 0) is 11.8 Å². The highest BCUT2D eigenvalue weighted by atomic mass is 16.4. The van der Waals surface area contributed by atoms with Crippen molar-refractivity contribution in [3.05, 3.63) is 11.3 Å². The highest BCUT2D eigenvalue weighted by Crippen LogP contribution is 2.20. The van der Waals surface area contributed by atoms with Crippen LogP contribution < -0.4 is 11.1 Å². The predicted molar refractivity (Wildman–Crippen MR) is 66.4 cm³/mol. The van der Waals surface area contributed by atoms with Gasteiger partial charge in [-0.05, 0) is 13.3 Å². The molecule has 0 aliphatic heterocycles. The number of hydrogen-bond donors (Lipinski definition) is 3. The Morgan fingerprint density at radius 2 is 2.17 bits per heavy atom. The molecule has 7 nitrogen and oxygen atoms in total. The normalized spacial score (nSPS) is 12.2. The van der Waals surface area contributed by atoms with E-state index in [9.17, 15) is 9.59 Å². The molecule has 0 saturated heterocycles. The van der Waals surface area contributed by atoms with E-state index in [2.05, 4.69) is 10.4 Å². The maximum Gasteiger partial charge on any atom is 0.326 e. The Labute approximate surface area is 105 Å². The molecule has 1 aromatic rings. The van der Waals surface area contributed by atoms with Crippen LogP contribution in [-0.4, -0.2) is 32.8 Å². The van der Waals surface area contributed by atoms with Crippen LogP contribution in [0.5, 0.6) is 0 Å². The first-order chi connectivity index (χ1) is 8.38. The van der Waals surface area contributed by atoms with Gasteiger partial charge in [0.2, 0.25) is 0 Å². The summed E-state index contributed by atoms with van der Waals surface area (Å²) in [5.41, 5.74) is 5.99. The Morgan fingerprint density at radius 3 is 2.61 bits per heavy atom. The van der Waals surface area contributed by atoms with Crippen molar-refractivity contribution in [2.45, 2.75) is 32.7 Å². The minimum Gasteiger partial charge on any atom is -0.480 e. The molecule has 0 radical (unpaired) electrons. The number of hydrogen-bond acceptors (Lipinski definition) is 4. The Kier molecular flexibility index (Phi) is 4.30. The molecule has 1 aromatic heterocycles. The molecule has 4 N–H and O–H groups in total. The molecule has 18 heavy (non-hydrogen) atoms. The van der Waals surface area contributed by atoms with Crippen molar-refractivity contribution in [2.24, 2.45) is 12.8 Å². The number of amides is 1. The molecule has 100 valence electrons. The predicted octanol–water partition coefficient (Wildman–Crippen LogP) is 0.493. The van der Waals surface area contributed by atoms with E-state index < -0.39 is 17.9 Å². The average molecular weight is 254 g/mol. The van der Waals surface area contributed by atoms with Crippen molar-refractivity contribution in [3.63, 3.8) is 0 Å². The number of aryl methyl sites for hydroxylation is 2. The van der Waals surface area contributed by atoms with E-state index in [0.29, 0.717) is 24.4 Å². The van der Waals surface area contributed by atoms with Gasteiger partial charge in [-0.2, -0.15) is 5.10 Å². The highest BCUT2D eigenvalue weighted by Gasteiger charge is 2.23. The molecule has 0 bridgehead atoms. The van der Waals surface area contributed by atoms with Crippen LogP contribution in [0.25, 0.3) is 0 Å². The number of anilines is 1. The number of carboxylic acid groups (broad SMARTS) is 1. The maximum atomic E-state index is 11.3. The number of carbonyl (C=O) groups is 2. The fraction of sp³-hybridized carbons (Fsp3) is 0.545. The number of nitrogens with two attached hydrogens (primary N) is 1. The Balaban J connectivity index is 3.09. The summed E-state index contributed by atoms with van der Waals surface area (Å²) in [4.78, 5) is 22.4. The summed E-state index contributed by atoms with van der Waals surface area (Å²) in [6, 6.07) is -0.761. The van der Waals surface area contributed by atoms with E-state index in [4.69, 9.17) is 10.8 Å². The van der Waals surface area contributed by atoms with Crippen LogP contribution >= 0.6 is 0 Å². The summed E-state index contributed by atoms with van der Waals surface area (Å²) in [6.45, 7) is 3.54. The molecular weight excluding hydrogens is 236 g/mol. The molecule has 1 unspecified atom stereocenters. The summed E-state index contributed by atoms with van der Waals surface area (Å²) in [7, 11) is 1.63. The molecular formula is C11H18N4O3. The standard InChI is InChI=1S/C11H18N4O3/c1-4-5-7(11(17)18)13-10-8(9(12)16)6(2)14-15(10)3/h7,13H,4-5H2,1-3H3,(H2,12,16)(H,17,18). The van der Waals surface area contributed by atoms with Crippen molar-refractivity contribution < 1.29 is 14.7 Å². The van der Waals surface area contributed by atoms with Gasteiger partial charge in [-0.25, -0.2) is 4.79 Å². The number of rotatable bonds is 6. The molecule has 0 saturated carbocycles. The monoisotopic (exact) mass is 254 g/mol. The summed E-state index contributed by atoms with van der Waals surface area (Å²) >= 11 is 0. The van der Waals surface area contributed by atoms with Gasteiger partial charge in [0.25, 0.3) is 5.91 Å². The van der Waals surface area contributed by atoms with E-state index in [0.717, 1.165) is 0 Å². The number of nitrogens with zero attached hydrogens (tertiary/aromatic N) is 2. The van der Waals surface area contributed by atoms with Crippen LogP contribution in [0.4, 0.5) is 5.82 Å². The van der Waals surface area contributed by atoms with Crippen molar-refractivity contribution in [2.75, 3.05) is 5.32 Å². The molecule has 0 spiro atoms. The number of carbonyl (C=O) groups excluding carboxylic acids is 1. The van der Waals surface area contributed by atoms with E-state index in [1.54, 1.807) is 14.0 Å². The quantitative estimate of drug-likeness (QED) is 0.684. The van der Waals surface area contributed by atoms with Crippen LogP contribution in [0.1, 0.15) is 35.8 Å². The third-order valence-electron chi connectivity index (χ3n) is 2.66. The molecule has 1 rings (SSSR count). The van der Waals surface area contributed by atoms with Crippen molar-refractivity contribution >= 4 is 17.7 Å². The fourth-order valence-electron chi connectivity index (χ4n) is 1.83. The summed E-state index contributed by atoms with van der Waals surface area (Å²) < 4.78 is 1.43. The van der Waals surface area contributed by atoms with Gasteiger partial charge in [0.15, 0.2) is 0 Å². The minimum absolute atomic E-state index is 0.236. The molecule has 1 heterocycles. The van der Waals surface area contributed by atoms with Gasteiger partial charge in [-0.1, -0.05) is 13.3 Å². The van der Waals surface area contributed by atoms with E-state index >= 15 is 0 Å². The van der Waals surface area contributed by atoms with Gasteiger partial charge in [0.1, 0.15) is 17.4 Å². The third-order valence-corrected chi connectivity index (χ3v) is 2.66. The van der Waals surface area contributed by atoms with E-state index in [1.165, 1.54) is 4.68 Å². The lowest BCUT2D eigenvalue weighted by Crippen LogP contribution is -2.31. The first kappa shape index (κ1) is 14.0. The Bertz CT molecular complexity index is 467. The summed E-state index contributed by atoms with van der Waals surface area (Å²) in [6.07, 6.45) is 1.17. The molecule has 1 amide bonds. The number of aliphatic carboxylic acids is 1. The molecule has 0 aromatic carbocycles. The number of carboxylic acids is 1. The molecule has 0 aliphatic rings. The Hall–Kier alpha value is -2.05. The lowest BCUT2D eigenvalue weighted by atomic mass is 10.1. The highest BCUT2D eigenvalue weighted by molar-refractivity contribution is 5.99. The van der Waals surface area contributed by atoms with Crippen molar-refractivity contribution in [3.8, 4) is 0 Å². The zero-order valence-electron chi connectivity index (χ0n) is 10.7. The molecule has 7 heteroatoms. The van der Waals surface area contributed by atoms with Gasteiger partial charge in [0, 0.05) is 7.05 Å². The lowest BCUT2D eigenvalue weighted by Gasteiger charge is -2.15. The first-order valence-electron chi connectivity index (χ1n) is 5.71. The molecule has 0 fully saturated rings. The second kappa shape index (κ2) is 5.52. The average Bonchev–Trinajstić information content (AvgIpc) is 2.52. The van der Waals surface area contributed by atoms with E-state index in [1.807, 2.05) is 6.92 Å². The zero-order chi connectivity index (χ0) is 13.9. The number of aromatic nitrogens is 2. The van der Waals surface area contributed by atoms with E-state index in [-0.39, 0.29) is 5.56 Å². The third kappa shape index (κ3) is 2.79. The Morgan fingerprint density at radius 1 is 1.56 bits per heavy atom. The largest absolute Gasteiger partial charge is 0.480 e. The molecule has 0 aliphatic carbocycles. The van der Waals surface area contributed by atoms with Gasteiger partial charge in [0.05, 0.1) is 5.69 Å². The minimum atomic E-state index is -0.967. The zero-order valence-corrected chi connectivity index (χ0v) is 10.7. The maximum absolute atomic E-state index is 11.3. The molecule has 1 atom stereocenters. The van der Waals surface area contributed by atoms with Gasteiger partial charge < -0.3 is 16.2 Å². The number of primary amides is 1. The first-order valence-corrected chi connectivity index (χ1v) is 5.71. The SMILES string of the molecule is CCCC(Nc1c(C(N)=O)c(C)nn1C)C(=O)O.